The summed E-state index contributed by atoms with van der Waals surface area (Å²) in [4.78, 5) is 12.7. The number of tetrazole rings is 1. The van der Waals surface area contributed by atoms with Crippen molar-refractivity contribution in [1.82, 2.24) is 20.2 Å². The van der Waals surface area contributed by atoms with E-state index in [9.17, 15) is 22.0 Å². The molecule has 0 aliphatic heterocycles. The third-order valence-corrected chi connectivity index (χ3v) is 6.41. The fourth-order valence-electron chi connectivity index (χ4n) is 3.77. The van der Waals surface area contributed by atoms with Crippen LogP contribution in [0.25, 0.3) is 27.6 Å². The van der Waals surface area contributed by atoms with E-state index in [4.69, 9.17) is 5.14 Å². The van der Waals surface area contributed by atoms with Crippen LogP contribution in [-0.2, 0) is 10.0 Å². The predicted molar refractivity (Wildman–Crippen MR) is 128 cm³/mol. The van der Waals surface area contributed by atoms with Crippen LogP contribution in [0.3, 0.4) is 0 Å². The molecule has 0 spiro atoms. The number of nitrogens with zero attached hydrogens (tertiary/aromatic N) is 4. The number of amides is 1. The number of nitrogens with two attached hydrogens (primary N) is 1. The van der Waals surface area contributed by atoms with Crippen LogP contribution in [0, 0.1) is 11.6 Å². The van der Waals surface area contributed by atoms with Crippen LogP contribution >= 0.6 is 0 Å². The van der Waals surface area contributed by atoms with Crippen LogP contribution in [0.2, 0.25) is 0 Å². The molecule has 12 heteroatoms. The Balaban J connectivity index is 1.46. The number of halogens is 2. The Kier molecular flexibility index (Phi) is 5.74. The van der Waals surface area contributed by atoms with Gasteiger partial charge < -0.3 is 5.32 Å². The first kappa shape index (κ1) is 23.2. The number of carbonyl (C=O) groups excluding carboxylic acids is 1. The lowest BCUT2D eigenvalue weighted by atomic mass is 10.0. The summed E-state index contributed by atoms with van der Waals surface area (Å²) in [6.45, 7) is 0. The van der Waals surface area contributed by atoms with E-state index < -0.39 is 27.6 Å². The predicted octanol–water partition coefficient (Wildman–Crippen LogP) is 3.66. The molecule has 0 unspecified atom stereocenters. The first-order valence-electron chi connectivity index (χ1n) is 10.4. The zero-order valence-corrected chi connectivity index (χ0v) is 19.1. The number of benzene rings is 4. The SMILES string of the molecule is NS(=O)(=O)c1ccccc1-c1ccc(NC(=O)c2nnnn2-c2cc3ccccc3cc2F)c(F)c1. The molecule has 5 aromatic rings. The van der Waals surface area contributed by atoms with Gasteiger partial charge in [0.25, 0.3) is 5.91 Å². The summed E-state index contributed by atoms with van der Waals surface area (Å²) in [6, 6.07) is 19.5. The van der Waals surface area contributed by atoms with Gasteiger partial charge in [-0.1, -0.05) is 48.5 Å². The van der Waals surface area contributed by atoms with Crippen LogP contribution in [0.15, 0.2) is 83.8 Å². The number of sulfonamides is 1. The van der Waals surface area contributed by atoms with Crippen molar-refractivity contribution in [3.63, 3.8) is 0 Å². The summed E-state index contributed by atoms with van der Waals surface area (Å²) in [5.41, 5.74) is 0.162. The molecule has 5 rings (SSSR count). The Labute approximate surface area is 203 Å². The van der Waals surface area contributed by atoms with Crippen molar-refractivity contribution in [1.29, 1.82) is 0 Å². The van der Waals surface area contributed by atoms with E-state index in [1.807, 2.05) is 0 Å². The summed E-state index contributed by atoms with van der Waals surface area (Å²) < 4.78 is 54.4. The first-order valence-corrected chi connectivity index (χ1v) is 12.0. The fraction of sp³-hybridized carbons (Fsp3) is 0. The Morgan fingerprint density at radius 2 is 1.58 bits per heavy atom. The smallest absolute Gasteiger partial charge is 0.295 e. The molecule has 1 aromatic heterocycles. The minimum atomic E-state index is -4.05. The Hall–Kier alpha value is -4.55. The highest BCUT2D eigenvalue weighted by molar-refractivity contribution is 7.89. The van der Waals surface area contributed by atoms with E-state index in [0.29, 0.717) is 10.8 Å². The Morgan fingerprint density at radius 1 is 0.889 bits per heavy atom. The van der Waals surface area contributed by atoms with E-state index in [-0.39, 0.29) is 33.2 Å². The molecule has 0 radical (unpaired) electrons. The molecular formula is C24H16F2N6O3S. The molecule has 0 aliphatic rings. The maximum Gasteiger partial charge on any atom is 0.295 e. The highest BCUT2D eigenvalue weighted by Crippen LogP contribution is 2.29. The number of hydrogen-bond donors (Lipinski definition) is 2. The molecule has 0 fully saturated rings. The van der Waals surface area contributed by atoms with Crippen molar-refractivity contribution in [2.75, 3.05) is 5.32 Å². The molecule has 36 heavy (non-hydrogen) atoms. The molecule has 0 atom stereocenters. The van der Waals surface area contributed by atoms with Gasteiger partial charge in [-0.3, -0.25) is 4.79 Å². The number of hydrogen-bond acceptors (Lipinski definition) is 6. The van der Waals surface area contributed by atoms with Crippen molar-refractivity contribution in [2.45, 2.75) is 4.90 Å². The summed E-state index contributed by atoms with van der Waals surface area (Å²) in [6.07, 6.45) is 0. The van der Waals surface area contributed by atoms with Gasteiger partial charge in [-0.05, 0) is 57.1 Å². The fourth-order valence-corrected chi connectivity index (χ4v) is 4.53. The van der Waals surface area contributed by atoms with Crippen molar-refractivity contribution in [3.8, 4) is 16.8 Å². The van der Waals surface area contributed by atoms with E-state index >= 15 is 0 Å². The average molecular weight is 506 g/mol. The standard InChI is InChI=1S/C24H16F2N6O3S/c25-18-12-16(17-7-3-4-8-22(17)36(27,34)35)9-10-20(18)28-24(33)23-29-30-31-32(23)21-13-15-6-2-1-5-14(15)11-19(21)26/h1-13H,(H,28,33)(H2,27,34,35). The van der Waals surface area contributed by atoms with Gasteiger partial charge in [-0.25, -0.2) is 22.3 Å². The molecule has 0 aliphatic carbocycles. The molecule has 1 heterocycles. The number of anilines is 1. The number of carbonyl (C=O) groups is 1. The van der Waals surface area contributed by atoms with Crippen molar-refractivity contribution >= 4 is 32.4 Å². The summed E-state index contributed by atoms with van der Waals surface area (Å²) in [5, 5.41) is 19.8. The van der Waals surface area contributed by atoms with Crippen LogP contribution in [-0.4, -0.2) is 34.5 Å². The van der Waals surface area contributed by atoms with Gasteiger partial charge in [-0.2, -0.15) is 4.68 Å². The second-order valence-electron chi connectivity index (χ2n) is 7.75. The highest BCUT2D eigenvalue weighted by atomic mass is 32.2. The normalized spacial score (nSPS) is 11.5. The average Bonchev–Trinajstić information content (AvgIpc) is 3.34. The molecule has 3 N–H and O–H groups in total. The number of primary sulfonamides is 1. The van der Waals surface area contributed by atoms with Crippen LogP contribution in [0.1, 0.15) is 10.6 Å². The maximum atomic E-state index is 14.9. The zero-order valence-electron chi connectivity index (χ0n) is 18.3. The molecule has 0 saturated heterocycles. The van der Waals surface area contributed by atoms with Gasteiger partial charge in [0.1, 0.15) is 17.3 Å². The van der Waals surface area contributed by atoms with Gasteiger partial charge in [0, 0.05) is 5.56 Å². The van der Waals surface area contributed by atoms with Crippen molar-refractivity contribution < 1.29 is 22.0 Å². The lowest BCUT2D eigenvalue weighted by molar-refractivity contribution is 0.101. The number of rotatable bonds is 5. The molecule has 0 saturated carbocycles. The Bertz CT molecular complexity index is 1750. The van der Waals surface area contributed by atoms with E-state index in [1.54, 1.807) is 30.3 Å². The Morgan fingerprint density at radius 3 is 2.31 bits per heavy atom. The largest absolute Gasteiger partial charge is 0.317 e. The van der Waals surface area contributed by atoms with E-state index in [2.05, 4.69) is 20.8 Å². The van der Waals surface area contributed by atoms with Gasteiger partial charge >= 0.3 is 0 Å². The van der Waals surface area contributed by atoms with E-state index in [1.165, 1.54) is 42.5 Å². The highest BCUT2D eigenvalue weighted by Gasteiger charge is 2.22. The molecule has 0 bridgehead atoms. The van der Waals surface area contributed by atoms with Crippen molar-refractivity contribution in [2.24, 2.45) is 5.14 Å². The van der Waals surface area contributed by atoms with Crippen LogP contribution < -0.4 is 10.5 Å². The summed E-state index contributed by atoms with van der Waals surface area (Å²) >= 11 is 0. The molecule has 4 aromatic carbocycles. The number of fused-ring (bicyclic) bond motifs is 1. The van der Waals surface area contributed by atoms with Gasteiger partial charge in [-0.15, -0.1) is 5.10 Å². The second-order valence-corrected chi connectivity index (χ2v) is 9.28. The monoisotopic (exact) mass is 506 g/mol. The summed E-state index contributed by atoms with van der Waals surface area (Å²) in [5.74, 6) is -2.75. The molecule has 1 amide bonds. The topological polar surface area (TPSA) is 133 Å². The van der Waals surface area contributed by atoms with Gasteiger partial charge in [0.2, 0.25) is 15.8 Å². The minimum Gasteiger partial charge on any atom is -0.317 e. The van der Waals surface area contributed by atoms with Crippen LogP contribution in [0.4, 0.5) is 14.5 Å². The van der Waals surface area contributed by atoms with Crippen LogP contribution in [0.5, 0.6) is 0 Å². The lowest BCUT2D eigenvalue weighted by Crippen LogP contribution is -2.19. The maximum absolute atomic E-state index is 14.9. The molecule has 9 nitrogen and oxygen atoms in total. The second kappa shape index (κ2) is 8.91. The van der Waals surface area contributed by atoms with Gasteiger partial charge in [0.15, 0.2) is 0 Å². The number of aromatic nitrogens is 4. The number of nitrogens with one attached hydrogen (secondary N) is 1. The zero-order chi connectivity index (χ0) is 25.4. The molecule has 180 valence electrons. The minimum absolute atomic E-state index is 0.0562. The quantitative estimate of drug-likeness (QED) is 0.374. The third-order valence-electron chi connectivity index (χ3n) is 5.44. The third kappa shape index (κ3) is 4.30. The summed E-state index contributed by atoms with van der Waals surface area (Å²) in [7, 11) is -4.05. The lowest BCUT2D eigenvalue weighted by Gasteiger charge is -2.11. The van der Waals surface area contributed by atoms with Crippen molar-refractivity contribution in [3.05, 3.63) is 96.3 Å². The van der Waals surface area contributed by atoms with Gasteiger partial charge in [0.05, 0.1) is 10.6 Å². The van der Waals surface area contributed by atoms with E-state index in [0.717, 1.165) is 10.7 Å². The first-order chi connectivity index (χ1) is 17.2. The molecular weight excluding hydrogens is 490 g/mol.